The van der Waals surface area contributed by atoms with Crippen molar-refractivity contribution in [2.24, 2.45) is 5.92 Å². The second kappa shape index (κ2) is 7.75. The van der Waals surface area contributed by atoms with Crippen molar-refractivity contribution in [3.05, 3.63) is 29.8 Å². The van der Waals surface area contributed by atoms with Crippen LogP contribution in [0.2, 0.25) is 0 Å². The van der Waals surface area contributed by atoms with Crippen LogP contribution in [0.25, 0.3) is 0 Å². The molecule has 0 radical (unpaired) electrons. The van der Waals surface area contributed by atoms with E-state index < -0.39 is 5.97 Å². The van der Waals surface area contributed by atoms with E-state index in [1.54, 1.807) is 24.3 Å². The lowest BCUT2D eigenvalue weighted by Crippen LogP contribution is -2.12. The minimum atomic E-state index is -0.917. The molecule has 0 aliphatic rings. The summed E-state index contributed by atoms with van der Waals surface area (Å²) in [4.78, 5) is 10.8. The molecule has 0 saturated carbocycles. The minimum absolute atomic E-state index is 0.273. The maximum Gasteiger partial charge on any atom is 0.335 e. The number of carboxylic acid groups (broad SMARTS) is 1. The van der Waals surface area contributed by atoms with Gasteiger partial charge in [-0.05, 0) is 37.0 Å². The zero-order valence-electron chi connectivity index (χ0n) is 11.2. The van der Waals surface area contributed by atoms with Gasteiger partial charge in [0.1, 0.15) is 5.75 Å². The van der Waals surface area contributed by atoms with E-state index >= 15 is 0 Å². The van der Waals surface area contributed by atoms with Gasteiger partial charge in [-0.2, -0.15) is 0 Å². The molecule has 0 heterocycles. The molecular formula is C15H22O3. The average molecular weight is 250 g/mol. The van der Waals surface area contributed by atoms with Crippen LogP contribution in [0.15, 0.2) is 24.3 Å². The quantitative estimate of drug-likeness (QED) is 0.759. The van der Waals surface area contributed by atoms with Crippen LogP contribution in [-0.4, -0.2) is 17.7 Å². The first-order valence-electron chi connectivity index (χ1n) is 6.63. The second-order valence-corrected chi connectivity index (χ2v) is 4.59. The van der Waals surface area contributed by atoms with Crippen molar-refractivity contribution in [2.45, 2.75) is 39.5 Å². The Hall–Kier alpha value is -1.51. The zero-order chi connectivity index (χ0) is 13.4. The molecular weight excluding hydrogens is 228 g/mol. The number of aromatic carboxylic acids is 1. The average Bonchev–Trinajstić information content (AvgIpc) is 2.37. The lowest BCUT2D eigenvalue weighted by Gasteiger charge is -2.16. The summed E-state index contributed by atoms with van der Waals surface area (Å²) < 4.78 is 5.70. The van der Waals surface area contributed by atoms with Crippen molar-refractivity contribution in [1.29, 1.82) is 0 Å². The fraction of sp³-hybridized carbons (Fsp3) is 0.533. The number of hydrogen-bond donors (Lipinski definition) is 1. The van der Waals surface area contributed by atoms with Gasteiger partial charge in [0.05, 0.1) is 12.2 Å². The molecule has 0 aliphatic carbocycles. The highest BCUT2D eigenvalue weighted by Crippen LogP contribution is 2.18. The van der Waals surface area contributed by atoms with Crippen molar-refractivity contribution < 1.29 is 14.6 Å². The number of ether oxygens (including phenoxy) is 1. The van der Waals surface area contributed by atoms with E-state index in [1.165, 1.54) is 0 Å². The SMILES string of the molecule is CCCC(CCC)COc1cccc(C(=O)O)c1. The maximum absolute atomic E-state index is 10.8. The smallest absolute Gasteiger partial charge is 0.335 e. The van der Waals surface area contributed by atoms with Gasteiger partial charge in [-0.3, -0.25) is 0 Å². The van der Waals surface area contributed by atoms with E-state index in [2.05, 4.69) is 13.8 Å². The Labute approximate surface area is 109 Å². The van der Waals surface area contributed by atoms with Gasteiger partial charge in [0.25, 0.3) is 0 Å². The highest BCUT2D eigenvalue weighted by atomic mass is 16.5. The molecule has 0 unspecified atom stereocenters. The molecule has 18 heavy (non-hydrogen) atoms. The Morgan fingerprint density at radius 3 is 2.50 bits per heavy atom. The molecule has 3 heteroatoms. The lowest BCUT2D eigenvalue weighted by atomic mass is 9.99. The third-order valence-electron chi connectivity index (χ3n) is 2.96. The molecule has 1 aromatic rings. The predicted octanol–water partition coefficient (Wildman–Crippen LogP) is 3.98. The van der Waals surface area contributed by atoms with Gasteiger partial charge >= 0.3 is 5.97 Å². The van der Waals surface area contributed by atoms with Gasteiger partial charge in [-0.25, -0.2) is 4.79 Å². The Bertz CT molecular complexity index is 368. The van der Waals surface area contributed by atoms with E-state index in [4.69, 9.17) is 9.84 Å². The monoisotopic (exact) mass is 250 g/mol. The molecule has 3 nitrogen and oxygen atoms in total. The summed E-state index contributed by atoms with van der Waals surface area (Å²) in [5.74, 6) is 0.291. The number of rotatable bonds is 8. The van der Waals surface area contributed by atoms with Gasteiger partial charge in [0.2, 0.25) is 0 Å². The fourth-order valence-electron chi connectivity index (χ4n) is 2.06. The topological polar surface area (TPSA) is 46.5 Å². The lowest BCUT2D eigenvalue weighted by molar-refractivity contribution is 0.0696. The number of benzene rings is 1. The van der Waals surface area contributed by atoms with Gasteiger partial charge < -0.3 is 9.84 Å². The fourth-order valence-corrected chi connectivity index (χ4v) is 2.06. The molecule has 1 N–H and O–H groups in total. The van der Waals surface area contributed by atoms with Crippen molar-refractivity contribution >= 4 is 5.97 Å². The van der Waals surface area contributed by atoms with Crippen LogP contribution in [0, 0.1) is 5.92 Å². The summed E-state index contributed by atoms with van der Waals surface area (Å²) in [6.45, 7) is 5.02. The van der Waals surface area contributed by atoms with E-state index in [0.717, 1.165) is 25.7 Å². The van der Waals surface area contributed by atoms with Gasteiger partial charge in [-0.15, -0.1) is 0 Å². The first kappa shape index (κ1) is 14.6. The summed E-state index contributed by atoms with van der Waals surface area (Å²) in [5, 5.41) is 8.90. The molecule has 0 saturated heterocycles. The van der Waals surface area contributed by atoms with Crippen LogP contribution in [0.4, 0.5) is 0 Å². The van der Waals surface area contributed by atoms with Crippen LogP contribution in [-0.2, 0) is 0 Å². The molecule has 1 rings (SSSR count). The third kappa shape index (κ3) is 4.78. The zero-order valence-corrected chi connectivity index (χ0v) is 11.2. The molecule has 1 aromatic carbocycles. The largest absolute Gasteiger partial charge is 0.493 e. The van der Waals surface area contributed by atoms with E-state index in [-0.39, 0.29) is 5.56 Å². The van der Waals surface area contributed by atoms with Crippen LogP contribution in [0.5, 0.6) is 5.75 Å². The Kier molecular flexibility index (Phi) is 6.26. The minimum Gasteiger partial charge on any atom is -0.493 e. The molecule has 0 spiro atoms. The van der Waals surface area contributed by atoms with E-state index in [1.807, 2.05) is 0 Å². The van der Waals surface area contributed by atoms with Crippen LogP contribution >= 0.6 is 0 Å². The maximum atomic E-state index is 10.8. The summed E-state index contributed by atoms with van der Waals surface area (Å²) in [6, 6.07) is 6.68. The molecule has 0 aliphatic heterocycles. The molecule has 100 valence electrons. The van der Waals surface area contributed by atoms with Crippen molar-refractivity contribution in [3.8, 4) is 5.75 Å². The van der Waals surface area contributed by atoms with E-state index in [0.29, 0.717) is 18.3 Å². The number of carbonyl (C=O) groups is 1. The molecule has 0 amide bonds. The second-order valence-electron chi connectivity index (χ2n) is 4.59. The molecule has 0 bridgehead atoms. The van der Waals surface area contributed by atoms with Crippen molar-refractivity contribution in [1.82, 2.24) is 0 Å². The molecule has 0 fully saturated rings. The summed E-state index contributed by atoms with van der Waals surface area (Å²) in [5.41, 5.74) is 0.273. The first-order chi connectivity index (χ1) is 8.67. The third-order valence-corrected chi connectivity index (χ3v) is 2.96. The number of carboxylic acids is 1. The highest BCUT2D eigenvalue weighted by Gasteiger charge is 2.09. The number of hydrogen-bond acceptors (Lipinski definition) is 2. The predicted molar refractivity (Wildman–Crippen MR) is 72.2 cm³/mol. The van der Waals surface area contributed by atoms with Crippen LogP contribution in [0.3, 0.4) is 0 Å². The standard InChI is InChI=1S/C15H22O3/c1-3-6-12(7-4-2)11-18-14-9-5-8-13(10-14)15(16)17/h5,8-10,12H,3-4,6-7,11H2,1-2H3,(H,16,17). The van der Waals surface area contributed by atoms with Gasteiger partial charge in [0, 0.05) is 0 Å². The van der Waals surface area contributed by atoms with Crippen molar-refractivity contribution in [2.75, 3.05) is 6.61 Å². The summed E-state index contributed by atoms with van der Waals surface area (Å²) >= 11 is 0. The van der Waals surface area contributed by atoms with Gasteiger partial charge in [0.15, 0.2) is 0 Å². The van der Waals surface area contributed by atoms with Crippen LogP contribution in [0.1, 0.15) is 49.9 Å². The molecule has 0 atom stereocenters. The van der Waals surface area contributed by atoms with Crippen molar-refractivity contribution in [3.63, 3.8) is 0 Å². The summed E-state index contributed by atoms with van der Waals surface area (Å²) in [6.07, 6.45) is 4.63. The normalized spacial score (nSPS) is 10.6. The van der Waals surface area contributed by atoms with Crippen LogP contribution < -0.4 is 4.74 Å². The Morgan fingerprint density at radius 1 is 1.28 bits per heavy atom. The summed E-state index contributed by atoms with van der Waals surface area (Å²) in [7, 11) is 0. The van der Waals surface area contributed by atoms with Gasteiger partial charge in [-0.1, -0.05) is 32.8 Å². The highest BCUT2D eigenvalue weighted by molar-refractivity contribution is 5.87. The Morgan fingerprint density at radius 2 is 1.94 bits per heavy atom. The Balaban J connectivity index is 2.55. The molecule has 0 aromatic heterocycles. The van der Waals surface area contributed by atoms with E-state index in [9.17, 15) is 4.79 Å². The first-order valence-corrected chi connectivity index (χ1v) is 6.63.